The van der Waals surface area contributed by atoms with Gasteiger partial charge in [-0.15, -0.1) is 0 Å². The van der Waals surface area contributed by atoms with E-state index in [9.17, 15) is 4.79 Å². The molecular weight excluding hydrogens is 138 g/mol. The summed E-state index contributed by atoms with van der Waals surface area (Å²) in [5.41, 5.74) is 0. The van der Waals surface area contributed by atoms with Crippen LogP contribution in [-0.2, 0) is 4.79 Å². The first-order valence-corrected chi connectivity index (χ1v) is 4.49. The van der Waals surface area contributed by atoms with E-state index < -0.39 is 0 Å². The van der Waals surface area contributed by atoms with Crippen molar-refractivity contribution >= 4 is 5.78 Å². The maximum atomic E-state index is 11.5. The summed E-state index contributed by atoms with van der Waals surface area (Å²) >= 11 is 0. The van der Waals surface area contributed by atoms with Gasteiger partial charge >= 0.3 is 0 Å². The number of hydrogen-bond acceptors (Lipinski definition) is 2. The van der Waals surface area contributed by atoms with Gasteiger partial charge in [-0.2, -0.15) is 0 Å². The molecule has 1 saturated carbocycles. The Morgan fingerprint density at radius 3 is 2.36 bits per heavy atom. The van der Waals surface area contributed by atoms with Crippen LogP contribution in [0.15, 0.2) is 0 Å². The molecule has 2 unspecified atom stereocenters. The van der Waals surface area contributed by atoms with Crippen molar-refractivity contribution in [3.8, 4) is 0 Å². The molecule has 2 atom stereocenters. The number of Topliss-reactive ketones (excluding diaryl/α,β-unsaturated/α-hetero) is 1. The van der Waals surface area contributed by atoms with Crippen LogP contribution in [0.25, 0.3) is 0 Å². The van der Waals surface area contributed by atoms with E-state index in [4.69, 9.17) is 0 Å². The Balaban J connectivity index is 2.13. The van der Waals surface area contributed by atoms with Crippen LogP contribution in [0.4, 0.5) is 0 Å². The summed E-state index contributed by atoms with van der Waals surface area (Å²) in [5, 5.41) is 0. The Hall–Kier alpha value is -0.370. The van der Waals surface area contributed by atoms with Crippen LogP contribution in [0.2, 0.25) is 0 Å². The van der Waals surface area contributed by atoms with Gasteiger partial charge in [0.15, 0.2) is 0 Å². The van der Waals surface area contributed by atoms with E-state index in [2.05, 4.69) is 11.9 Å². The topological polar surface area (TPSA) is 20.3 Å². The fraction of sp³-hybridized carbons (Fsp3) is 0.889. The molecule has 0 aromatic rings. The van der Waals surface area contributed by atoms with Gasteiger partial charge < -0.3 is 4.90 Å². The van der Waals surface area contributed by atoms with Crippen molar-refractivity contribution in [3.05, 3.63) is 0 Å². The molecule has 1 saturated heterocycles. The van der Waals surface area contributed by atoms with Gasteiger partial charge in [0.25, 0.3) is 0 Å². The molecule has 2 bridgehead atoms. The second kappa shape index (κ2) is 2.59. The molecule has 2 aliphatic rings. The minimum Gasteiger partial charge on any atom is -0.305 e. The van der Waals surface area contributed by atoms with Crippen LogP contribution >= 0.6 is 0 Å². The zero-order chi connectivity index (χ0) is 7.84. The number of piperidine rings is 1. The Bertz CT molecular complexity index is 162. The van der Waals surface area contributed by atoms with Gasteiger partial charge in [0.1, 0.15) is 5.78 Å². The molecule has 0 N–H and O–H groups in total. The van der Waals surface area contributed by atoms with Crippen LogP contribution < -0.4 is 0 Å². The smallest absolute Gasteiger partial charge is 0.141 e. The number of fused-ring (bicyclic) bond motifs is 2. The first-order chi connectivity index (χ1) is 5.27. The van der Waals surface area contributed by atoms with Gasteiger partial charge in [-0.3, -0.25) is 4.79 Å². The maximum absolute atomic E-state index is 11.5. The second-order valence-electron chi connectivity index (χ2n) is 3.95. The summed E-state index contributed by atoms with van der Waals surface area (Å²) in [6.45, 7) is 2.02. The molecule has 1 aliphatic heterocycles. The number of ketones is 1. The number of rotatable bonds is 0. The summed E-state index contributed by atoms with van der Waals surface area (Å²) in [4.78, 5) is 13.8. The maximum Gasteiger partial charge on any atom is 0.141 e. The van der Waals surface area contributed by atoms with E-state index in [-0.39, 0.29) is 0 Å². The summed E-state index contributed by atoms with van der Waals surface area (Å²) < 4.78 is 0. The molecule has 0 amide bonds. The molecule has 0 aromatic heterocycles. The predicted molar refractivity (Wildman–Crippen MR) is 43.3 cm³/mol. The van der Waals surface area contributed by atoms with Gasteiger partial charge in [0.05, 0.1) is 0 Å². The summed E-state index contributed by atoms with van der Waals surface area (Å²) in [6.07, 6.45) is 3.55. The third-order valence-corrected chi connectivity index (χ3v) is 2.97. The number of likely N-dealkylation sites (tertiary alicyclic amines) is 1. The molecule has 62 valence electrons. The number of nitrogens with zero attached hydrogens (tertiary/aromatic N) is 1. The van der Waals surface area contributed by atoms with E-state index in [1.165, 1.54) is 6.42 Å². The highest BCUT2D eigenvalue weighted by molar-refractivity contribution is 5.85. The Labute approximate surface area is 67.6 Å². The zero-order valence-electron chi connectivity index (χ0n) is 7.05. The minimum atomic E-state index is 0.382. The SMILES string of the molecule is CN1CC2CCCC(C1)C2=O. The van der Waals surface area contributed by atoms with E-state index in [1.54, 1.807) is 0 Å². The molecule has 1 aliphatic carbocycles. The Morgan fingerprint density at radius 1 is 1.27 bits per heavy atom. The van der Waals surface area contributed by atoms with Crippen molar-refractivity contribution < 1.29 is 4.79 Å². The first kappa shape index (κ1) is 7.29. The summed E-state index contributed by atoms with van der Waals surface area (Å²) in [6, 6.07) is 0. The molecule has 2 fully saturated rings. The van der Waals surface area contributed by atoms with E-state index in [0.29, 0.717) is 17.6 Å². The van der Waals surface area contributed by atoms with Crippen LogP contribution in [0.3, 0.4) is 0 Å². The normalized spacial score (nSPS) is 39.2. The summed E-state index contributed by atoms with van der Waals surface area (Å²) in [7, 11) is 2.12. The van der Waals surface area contributed by atoms with Crippen LogP contribution in [0, 0.1) is 11.8 Å². The van der Waals surface area contributed by atoms with Crippen molar-refractivity contribution in [1.82, 2.24) is 4.90 Å². The molecule has 1 heterocycles. The van der Waals surface area contributed by atoms with Crippen molar-refractivity contribution in [3.63, 3.8) is 0 Å². The molecule has 2 nitrogen and oxygen atoms in total. The quantitative estimate of drug-likeness (QED) is 0.515. The first-order valence-electron chi connectivity index (χ1n) is 4.49. The second-order valence-corrected chi connectivity index (χ2v) is 3.95. The molecule has 0 radical (unpaired) electrons. The van der Waals surface area contributed by atoms with Crippen molar-refractivity contribution in [2.75, 3.05) is 20.1 Å². The zero-order valence-corrected chi connectivity index (χ0v) is 7.05. The fourth-order valence-corrected chi connectivity index (χ4v) is 2.42. The van der Waals surface area contributed by atoms with Crippen molar-refractivity contribution in [2.24, 2.45) is 11.8 Å². The number of carbonyl (C=O) groups is 1. The van der Waals surface area contributed by atoms with Crippen molar-refractivity contribution in [1.29, 1.82) is 0 Å². The standard InChI is InChI=1S/C9H15NO/c1-10-5-7-3-2-4-8(6-10)9(7)11/h7-8H,2-6H2,1H3. The van der Waals surface area contributed by atoms with Gasteiger partial charge in [-0.25, -0.2) is 0 Å². The summed E-state index contributed by atoms with van der Waals surface area (Å²) in [5.74, 6) is 1.31. The molecule has 2 rings (SSSR count). The minimum absolute atomic E-state index is 0.382. The third-order valence-electron chi connectivity index (χ3n) is 2.97. The number of carbonyl (C=O) groups excluding carboxylic acids is 1. The molecule has 0 aromatic carbocycles. The lowest BCUT2D eigenvalue weighted by atomic mass is 9.77. The lowest BCUT2D eigenvalue weighted by Gasteiger charge is -2.38. The highest BCUT2D eigenvalue weighted by atomic mass is 16.1. The van der Waals surface area contributed by atoms with E-state index in [1.807, 2.05) is 0 Å². The lowest BCUT2D eigenvalue weighted by Crippen LogP contribution is -2.47. The Morgan fingerprint density at radius 2 is 1.82 bits per heavy atom. The molecular formula is C9H15NO. The van der Waals surface area contributed by atoms with Gasteiger partial charge in [-0.05, 0) is 19.9 Å². The molecule has 2 heteroatoms. The number of hydrogen-bond donors (Lipinski definition) is 0. The largest absolute Gasteiger partial charge is 0.305 e. The van der Waals surface area contributed by atoms with Crippen LogP contribution in [0.5, 0.6) is 0 Å². The average Bonchev–Trinajstić information content (AvgIpc) is 1.92. The van der Waals surface area contributed by atoms with E-state index in [0.717, 1.165) is 25.9 Å². The fourth-order valence-electron chi connectivity index (χ4n) is 2.42. The van der Waals surface area contributed by atoms with E-state index >= 15 is 0 Å². The molecule has 0 spiro atoms. The monoisotopic (exact) mass is 153 g/mol. The molecule has 11 heavy (non-hydrogen) atoms. The van der Waals surface area contributed by atoms with Gasteiger partial charge in [0, 0.05) is 24.9 Å². The van der Waals surface area contributed by atoms with Gasteiger partial charge in [0.2, 0.25) is 0 Å². The predicted octanol–water partition coefficient (Wildman–Crippen LogP) is 0.917. The third kappa shape index (κ3) is 1.20. The lowest BCUT2D eigenvalue weighted by molar-refractivity contribution is -0.133. The highest BCUT2D eigenvalue weighted by Crippen LogP contribution is 2.30. The Kier molecular flexibility index (Phi) is 1.72. The van der Waals surface area contributed by atoms with Crippen LogP contribution in [-0.4, -0.2) is 30.8 Å². The average molecular weight is 153 g/mol. The van der Waals surface area contributed by atoms with Gasteiger partial charge in [-0.1, -0.05) is 6.42 Å². The van der Waals surface area contributed by atoms with Crippen LogP contribution in [0.1, 0.15) is 19.3 Å². The highest BCUT2D eigenvalue weighted by Gasteiger charge is 2.36. The van der Waals surface area contributed by atoms with Crippen molar-refractivity contribution in [2.45, 2.75) is 19.3 Å².